The van der Waals surface area contributed by atoms with Crippen molar-refractivity contribution in [2.75, 3.05) is 36.6 Å². The van der Waals surface area contributed by atoms with Crippen molar-refractivity contribution < 1.29 is 14.1 Å². The Balaban J connectivity index is 2.34. The summed E-state index contributed by atoms with van der Waals surface area (Å²) in [6.07, 6.45) is -0.580. The fourth-order valence-corrected chi connectivity index (χ4v) is 3.34. The zero-order valence-corrected chi connectivity index (χ0v) is 11.6. The monoisotopic (exact) mass is 269 g/mol. The van der Waals surface area contributed by atoms with Gasteiger partial charge in [0, 0.05) is 46.6 Å². The number of hydrogen-bond acceptors (Lipinski definition) is 4. The molecule has 1 aromatic carbocycles. The van der Waals surface area contributed by atoms with Gasteiger partial charge >= 0.3 is 0 Å². The molecule has 0 radical (unpaired) electrons. The number of aliphatic hydroxyl groups excluding tert-OH is 1. The average Bonchev–Trinajstić information content (AvgIpc) is 2.38. The summed E-state index contributed by atoms with van der Waals surface area (Å²) in [6, 6.07) is 5.76. The van der Waals surface area contributed by atoms with Gasteiger partial charge in [0.15, 0.2) is 0 Å². The van der Waals surface area contributed by atoms with E-state index >= 15 is 0 Å². The van der Waals surface area contributed by atoms with Crippen LogP contribution in [0.15, 0.2) is 18.2 Å². The van der Waals surface area contributed by atoms with Crippen LogP contribution < -0.4 is 9.64 Å². The van der Waals surface area contributed by atoms with Gasteiger partial charge in [0.05, 0.1) is 13.2 Å². The Kier molecular flexibility index (Phi) is 4.24. The highest BCUT2D eigenvalue weighted by atomic mass is 32.2. The molecule has 0 saturated carbocycles. The first-order valence-electron chi connectivity index (χ1n) is 6.08. The molecule has 0 spiro atoms. The van der Waals surface area contributed by atoms with Crippen molar-refractivity contribution in [2.24, 2.45) is 0 Å². The predicted molar refractivity (Wildman–Crippen MR) is 73.7 cm³/mol. The molecule has 1 saturated heterocycles. The van der Waals surface area contributed by atoms with E-state index in [1.165, 1.54) is 0 Å². The van der Waals surface area contributed by atoms with E-state index in [0.29, 0.717) is 17.3 Å². The quantitative estimate of drug-likeness (QED) is 0.899. The lowest BCUT2D eigenvalue weighted by molar-refractivity contribution is 0.194. The number of rotatable bonds is 3. The molecule has 1 aliphatic rings. The number of anilines is 1. The number of benzene rings is 1. The summed E-state index contributed by atoms with van der Waals surface area (Å²) in [7, 11) is 0.913. The van der Waals surface area contributed by atoms with E-state index in [1.54, 1.807) is 14.0 Å². The van der Waals surface area contributed by atoms with Crippen molar-refractivity contribution in [3.05, 3.63) is 23.8 Å². The molecule has 4 nitrogen and oxygen atoms in total. The molecule has 1 N–H and O–H groups in total. The summed E-state index contributed by atoms with van der Waals surface area (Å²) in [5, 5.41) is 9.93. The first-order chi connectivity index (χ1) is 8.63. The van der Waals surface area contributed by atoms with Crippen molar-refractivity contribution in [3.8, 4) is 5.75 Å². The van der Waals surface area contributed by atoms with Gasteiger partial charge in [-0.05, 0) is 19.1 Å². The van der Waals surface area contributed by atoms with E-state index in [0.717, 1.165) is 24.3 Å². The Labute approximate surface area is 110 Å². The van der Waals surface area contributed by atoms with E-state index in [1.807, 2.05) is 18.2 Å². The number of aliphatic hydroxyl groups is 1. The Morgan fingerprint density at radius 2 is 2.06 bits per heavy atom. The van der Waals surface area contributed by atoms with E-state index in [9.17, 15) is 9.32 Å². The Morgan fingerprint density at radius 3 is 2.61 bits per heavy atom. The van der Waals surface area contributed by atoms with Crippen molar-refractivity contribution in [2.45, 2.75) is 13.0 Å². The summed E-state index contributed by atoms with van der Waals surface area (Å²) in [4.78, 5) is 2.17. The maximum Gasteiger partial charge on any atom is 0.126 e. The molecule has 0 aromatic heterocycles. The number of nitrogens with zero attached hydrogens (tertiary/aromatic N) is 1. The smallest absolute Gasteiger partial charge is 0.126 e. The van der Waals surface area contributed by atoms with Crippen LogP contribution in [0.1, 0.15) is 18.6 Å². The van der Waals surface area contributed by atoms with Crippen LogP contribution in [0.5, 0.6) is 5.75 Å². The summed E-state index contributed by atoms with van der Waals surface area (Å²) >= 11 is 0. The second kappa shape index (κ2) is 5.71. The number of ether oxygens (including phenoxy) is 1. The predicted octanol–water partition coefficient (Wildman–Crippen LogP) is 1.32. The van der Waals surface area contributed by atoms with E-state index in [2.05, 4.69) is 4.90 Å². The van der Waals surface area contributed by atoms with Crippen LogP contribution in [-0.2, 0) is 10.8 Å². The zero-order chi connectivity index (χ0) is 13.1. The summed E-state index contributed by atoms with van der Waals surface area (Å²) in [5.41, 5.74) is 1.80. The molecule has 1 heterocycles. The first-order valence-corrected chi connectivity index (χ1v) is 7.57. The lowest BCUT2D eigenvalue weighted by atomic mass is 10.1. The zero-order valence-electron chi connectivity index (χ0n) is 10.8. The Hall–Kier alpha value is -1.07. The first kappa shape index (κ1) is 13.4. The molecular formula is C13H19NO3S. The molecule has 0 aliphatic carbocycles. The standard InChI is InChI=1S/C13H19NO3S/c1-10(15)13-11(4-3-5-12(13)17-2)14-6-8-18(16)9-7-14/h3-5,10,15H,6-9H2,1-2H3/t10-/m0/s1. The minimum atomic E-state index is -0.695. The van der Waals surface area contributed by atoms with Crippen LogP contribution in [0, 0.1) is 0 Å². The second-order valence-electron chi connectivity index (χ2n) is 4.40. The molecule has 100 valence electrons. The van der Waals surface area contributed by atoms with Crippen LogP contribution in [0.2, 0.25) is 0 Å². The third-order valence-electron chi connectivity index (χ3n) is 3.20. The van der Waals surface area contributed by atoms with Crippen LogP contribution >= 0.6 is 0 Å². The lowest BCUT2D eigenvalue weighted by Gasteiger charge is -2.31. The molecular weight excluding hydrogens is 250 g/mol. The van der Waals surface area contributed by atoms with Gasteiger partial charge in [0.2, 0.25) is 0 Å². The minimum Gasteiger partial charge on any atom is -0.496 e. The molecule has 0 bridgehead atoms. The molecule has 5 heteroatoms. The maximum absolute atomic E-state index is 11.4. The summed E-state index contributed by atoms with van der Waals surface area (Å²) in [5.74, 6) is 2.08. The van der Waals surface area contributed by atoms with Crippen LogP contribution in [0.3, 0.4) is 0 Å². The second-order valence-corrected chi connectivity index (χ2v) is 6.10. The summed E-state index contributed by atoms with van der Waals surface area (Å²) < 4.78 is 16.7. The highest BCUT2D eigenvalue weighted by Crippen LogP contribution is 2.34. The molecule has 1 atom stereocenters. The van der Waals surface area contributed by atoms with Crippen molar-refractivity contribution in [1.82, 2.24) is 0 Å². The van der Waals surface area contributed by atoms with Gasteiger partial charge in [-0.1, -0.05) is 6.07 Å². The third-order valence-corrected chi connectivity index (χ3v) is 4.48. The largest absolute Gasteiger partial charge is 0.496 e. The fraction of sp³-hybridized carbons (Fsp3) is 0.538. The minimum absolute atomic E-state index is 0.580. The average molecular weight is 269 g/mol. The van der Waals surface area contributed by atoms with Gasteiger partial charge in [-0.25, -0.2) is 0 Å². The maximum atomic E-state index is 11.4. The lowest BCUT2D eigenvalue weighted by Crippen LogP contribution is -2.38. The van der Waals surface area contributed by atoms with Gasteiger partial charge in [0.25, 0.3) is 0 Å². The van der Waals surface area contributed by atoms with Gasteiger partial charge in [0.1, 0.15) is 5.75 Å². The molecule has 1 aromatic rings. The molecule has 2 rings (SSSR count). The topological polar surface area (TPSA) is 49.8 Å². The molecule has 0 amide bonds. The van der Waals surface area contributed by atoms with Crippen LogP contribution in [0.25, 0.3) is 0 Å². The Morgan fingerprint density at radius 1 is 1.39 bits per heavy atom. The van der Waals surface area contributed by atoms with E-state index in [4.69, 9.17) is 4.74 Å². The molecule has 1 aliphatic heterocycles. The molecule has 18 heavy (non-hydrogen) atoms. The number of hydrogen-bond donors (Lipinski definition) is 1. The van der Waals surface area contributed by atoms with Gasteiger partial charge in [-0.3, -0.25) is 4.21 Å². The van der Waals surface area contributed by atoms with Crippen molar-refractivity contribution in [1.29, 1.82) is 0 Å². The molecule has 0 unspecified atom stereocenters. The van der Waals surface area contributed by atoms with E-state index in [-0.39, 0.29) is 0 Å². The normalized spacial score (nSPS) is 18.7. The van der Waals surface area contributed by atoms with Crippen LogP contribution in [-0.4, -0.2) is 41.0 Å². The third kappa shape index (κ3) is 2.67. The summed E-state index contributed by atoms with van der Waals surface area (Å²) in [6.45, 7) is 3.27. The number of methoxy groups -OCH3 is 1. The van der Waals surface area contributed by atoms with Crippen LogP contribution in [0.4, 0.5) is 5.69 Å². The molecule has 1 fully saturated rings. The SMILES string of the molecule is COc1cccc(N2CCS(=O)CC2)c1[C@H](C)O. The van der Waals surface area contributed by atoms with Crippen molar-refractivity contribution >= 4 is 16.5 Å². The van der Waals surface area contributed by atoms with Gasteiger partial charge in [-0.2, -0.15) is 0 Å². The fourth-order valence-electron chi connectivity index (χ4n) is 2.28. The van der Waals surface area contributed by atoms with Gasteiger partial charge in [-0.15, -0.1) is 0 Å². The van der Waals surface area contributed by atoms with Gasteiger partial charge < -0.3 is 14.7 Å². The van der Waals surface area contributed by atoms with E-state index < -0.39 is 16.9 Å². The highest BCUT2D eigenvalue weighted by Gasteiger charge is 2.21. The van der Waals surface area contributed by atoms with Crippen molar-refractivity contribution in [3.63, 3.8) is 0 Å². The highest BCUT2D eigenvalue weighted by molar-refractivity contribution is 7.85. The Bertz CT molecular complexity index is 438.